The number of nitrogens with zero attached hydrogens (tertiary/aromatic N) is 1. The summed E-state index contributed by atoms with van der Waals surface area (Å²) < 4.78 is 25.7. The van der Waals surface area contributed by atoms with Gasteiger partial charge in [0, 0.05) is 19.1 Å². The number of hydrogen-bond acceptors (Lipinski definition) is 4. The van der Waals surface area contributed by atoms with E-state index in [9.17, 15) is 8.78 Å². The van der Waals surface area contributed by atoms with E-state index in [1.54, 1.807) is 0 Å². The molecule has 0 aliphatic carbocycles. The van der Waals surface area contributed by atoms with Crippen molar-refractivity contribution in [3.05, 3.63) is 47.2 Å². The van der Waals surface area contributed by atoms with Gasteiger partial charge in [0.05, 0.1) is 0 Å². The molecule has 0 aromatic heterocycles. The Kier molecular flexibility index (Phi) is 3.60. The zero-order valence-electron chi connectivity index (χ0n) is 9.42. The fourth-order valence-corrected chi connectivity index (χ4v) is 1.69. The number of aliphatic hydroxyl groups is 3. The molecule has 1 aromatic carbocycles. The topological polar surface area (TPSA) is 63.7 Å². The minimum Gasteiger partial charge on any atom is -0.507 e. The molecule has 1 fully saturated rings. The number of rotatable bonds is 4. The lowest BCUT2D eigenvalue weighted by Gasteiger charge is -2.04. The summed E-state index contributed by atoms with van der Waals surface area (Å²) in [4.78, 5) is 1.85. The maximum atomic E-state index is 13.0. The zero-order chi connectivity index (χ0) is 13.3. The first-order valence-corrected chi connectivity index (χ1v) is 5.42. The number of halogens is 2. The maximum absolute atomic E-state index is 13.0. The minimum absolute atomic E-state index is 0.111. The predicted molar refractivity (Wildman–Crippen MR) is 59.5 cm³/mol. The second kappa shape index (κ2) is 5.01. The normalized spacial score (nSPS) is 23.5. The lowest BCUT2D eigenvalue weighted by molar-refractivity contribution is -0.0374. The van der Waals surface area contributed by atoms with Crippen molar-refractivity contribution in [1.82, 2.24) is 4.90 Å². The van der Waals surface area contributed by atoms with Gasteiger partial charge in [-0.25, -0.2) is 8.78 Å². The number of hydrogen-bond donors (Lipinski definition) is 3. The highest BCUT2D eigenvalue weighted by Gasteiger charge is 2.32. The highest BCUT2D eigenvalue weighted by Crippen LogP contribution is 2.24. The Bertz CT molecular complexity index is 476. The van der Waals surface area contributed by atoms with Crippen LogP contribution in [0.4, 0.5) is 8.78 Å². The quantitative estimate of drug-likeness (QED) is 0.426. The van der Waals surface area contributed by atoms with Crippen LogP contribution < -0.4 is 0 Å². The monoisotopic (exact) mass is 257 g/mol. The van der Waals surface area contributed by atoms with Crippen LogP contribution in [0.1, 0.15) is 5.56 Å². The molecule has 0 radical (unpaired) electrons. The third-order valence-electron chi connectivity index (χ3n) is 2.75. The first-order chi connectivity index (χ1) is 8.47. The summed E-state index contributed by atoms with van der Waals surface area (Å²) in [5.41, 5.74) is 0.619. The van der Waals surface area contributed by atoms with Gasteiger partial charge in [0.2, 0.25) is 6.29 Å². The van der Waals surface area contributed by atoms with Crippen LogP contribution >= 0.6 is 0 Å². The standard InChI is InChI=1S/C12H13F2NO3/c13-9-2-1-7(3-10(9)14)5-15-6-8(15)4-11(16)12(17)18/h1-4,8,12,16-18H,5-6H2/b11-4-. The molecule has 6 heteroatoms. The molecule has 98 valence electrons. The average Bonchev–Trinajstić information content (AvgIpc) is 3.01. The molecule has 0 saturated carbocycles. The third kappa shape index (κ3) is 3.04. The second-order valence-corrected chi connectivity index (χ2v) is 4.21. The van der Waals surface area contributed by atoms with Crippen LogP contribution in [0.5, 0.6) is 0 Å². The molecule has 1 heterocycles. The first kappa shape index (κ1) is 12.9. The summed E-state index contributed by atoms with van der Waals surface area (Å²) in [6.07, 6.45) is -0.555. The Balaban J connectivity index is 1.93. The maximum Gasteiger partial charge on any atom is 0.211 e. The molecule has 2 unspecified atom stereocenters. The zero-order valence-corrected chi connectivity index (χ0v) is 9.42. The van der Waals surface area contributed by atoms with Crippen LogP contribution in [0.3, 0.4) is 0 Å². The van der Waals surface area contributed by atoms with E-state index in [-0.39, 0.29) is 6.04 Å². The second-order valence-electron chi connectivity index (χ2n) is 4.21. The molecule has 2 atom stereocenters. The van der Waals surface area contributed by atoms with Crippen molar-refractivity contribution in [2.24, 2.45) is 0 Å². The first-order valence-electron chi connectivity index (χ1n) is 5.42. The summed E-state index contributed by atoms with van der Waals surface area (Å²) in [6, 6.07) is 3.56. The smallest absolute Gasteiger partial charge is 0.211 e. The van der Waals surface area contributed by atoms with Gasteiger partial charge in [-0.2, -0.15) is 0 Å². The lowest BCUT2D eigenvalue weighted by atomic mass is 10.2. The molecular weight excluding hydrogens is 244 g/mol. The van der Waals surface area contributed by atoms with Gasteiger partial charge in [-0.3, -0.25) is 4.90 Å². The van der Waals surface area contributed by atoms with Gasteiger partial charge >= 0.3 is 0 Å². The Labute approximate surface area is 102 Å². The number of aliphatic hydroxyl groups excluding tert-OH is 2. The van der Waals surface area contributed by atoms with E-state index in [0.29, 0.717) is 18.7 Å². The molecule has 1 aromatic rings. The molecular formula is C12H13F2NO3. The van der Waals surface area contributed by atoms with Gasteiger partial charge in [0.1, 0.15) is 5.76 Å². The van der Waals surface area contributed by atoms with Crippen molar-refractivity contribution >= 4 is 0 Å². The molecule has 18 heavy (non-hydrogen) atoms. The summed E-state index contributed by atoms with van der Waals surface area (Å²) in [5.74, 6) is -2.29. The van der Waals surface area contributed by atoms with Crippen molar-refractivity contribution in [1.29, 1.82) is 0 Å². The SMILES string of the molecule is O/C(=C\C1CN1Cc1ccc(F)c(F)c1)C(O)O. The van der Waals surface area contributed by atoms with Gasteiger partial charge in [0.15, 0.2) is 11.6 Å². The van der Waals surface area contributed by atoms with Crippen molar-refractivity contribution in [2.75, 3.05) is 6.54 Å². The Morgan fingerprint density at radius 3 is 2.72 bits per heavy atom. The summed E-state index contributed by atoms with van der Waals surface area (Å²) in [5, 5.41) is 26.5. The van der Waals surface area contributed by atoms with Crippen LogP contribution in [0, 0.1) is 11.6 Å². The molecule has 0 spiro atoms. The van der Waals surface area contributed by atoms with Crippen LogP contribution in [0.2, 0.25) is 0 Å². The molecule has 0 amide bonds. The van der Waals surface area contributed by atoms with Crippen molar-refractivity contribution < 1.29 is 24.1 Å². The average molecular weight is 257 g/mol. The molecule has 1 aliphatic rings. The van der Waals surface area contributed by atoms with E-state index in [1.807, 2.05) is 4.90 Å². The Morgan fingerprint density at radius 2 is 2.11 bits per heavy atom. The third-order valence-corrected chi connectivity index (χ3v) is 2.75. The minimum atomic E-state index is -1.88. The number of benzene rings is 1. The largest absolute Gasteiger partial charge is 0.507 e. The summed E-state index contributed by atoms with van der Waals surface area (Å²) >= 11 is 0. The van der Waals surface area contributed by atoms with E-state index in [0.717, 1.165) is 12.1 Å². The summed E-state index contributed by atoms with van der Waals surface area (Å²) in [6.45, 7) is 1.03. The van der Waals surface area contributed by atoms with E-state index < -0.39 is 23.7 Å². The van der Waals surface area contributed by atoms with E-state index in [2.05, 4.69) is 0 Å². The lowest BCUT2D eigenvalue weighted by Crippen LogP contribution is -2.10. The highest BCUT2D eigenvalue weighted by molar-refractivity contribution is 5.20. The van der Waals surface area contributed by atoms with Crippen LogP contribution in [0.15, 0.2) is 30.0 Å². The molecule has 1 aliphatic heterocycles. The van der Waals surface area contributed by atoms with Crippen LogP contribution in [-0.2, 0) is 6.54 Å². The Morgan fingerprint density at radius 1 is 1.39 bits per heavy atom. The molecule has 2 rings (SSSR count). The van der Waals surface area contributed by atoms with Gasteiger partial charge < -0.3 is 15.3 Å². The van der Waals surface area contributed by atoms with Crippen LogP contribution in [-0.4, -0.2) is 39.1 Å². The summed E-state index contributed by atoms with van der Waals surface area (Å²) in [7, 11) is 0. The van der Waals surface area contributed by atoms with Crippen molar-refractivity contribution in [3.63, 3.8) is 0 Å². The molecule has 1 saturated heterocycles. The van der Waals surface area contributed by atoms with Crippen molar-refractivity contribution in [3.8, 4) is 0 Å². The van der Waals surface area contributed by atoms with Gasteiger partial charge in [-0.05, 0) is 23.8 Å². The predicted octanol–water partition coefficient (Wildman–Crippen LogP) is 0.902. The molecule has 3 N–H and O–H groups in total. The Hall–Kier alpha value is -1.50. The molecule has 0 bridgehead atoms. The van der Waals surface area contributed by atoms with Gasteiger partial charge in [-0.1, -0.05) is 6.07 Å². The highest BCUT2D eigenvalue weighted by atomic mass is 19.2. The fourth-order valence-electron chi connectivity index (χ4n) is 1.69. The molecule has 4 nitrogen and oxygen atoms in total. The van der Waals surface area contributed by atoms with Gasteiger partial charge in [0.25, 0.3) is 0 Å². The van der Waals surface area contributed by atoms with Gasteiger partial charge in [-0.15, -0.1) is 0 Å². The van der Waals surface area contributed by atoms with Crippen molar-refractivity contribution in [2.45, 2.75) is 18.9 Å². The van der Waals surface area contributed by atoms with E-state index in [4.69, 9.17) is 15.3 Å². The van der Waals surface area contributed by atoms with E-state index in [1.165, 1.54) is 12.1 Å². The van der Waals surface area contributed by atoms with Crippen LogP contribution in [0.25, 0.3) is 0 Å². The van der Waals surface area contributed by atoms with E-state index >= 15 is 0 Å². The fraction of sp³-hybridized carbons (Fsp3) is 0.333.